The molecule has 0 aliphatic heterocycles. The lowest BCUT2D eigenvalue weighted by Gasteiger charge is -2.23. The van der Waals surface area contributed by atoms with Gasteiger partial charge >= 0.3 is 0 Å². The molecule has 0 bridgehead atoms. The minimum absolute atomic E-state index is 0.0130. The largest absolute Gasteiger partial charge is 0.464 e. The smallest absolute Gasteiger partial charge is 0.264 e. The maximum atomic E-state index is 13.2. The number of carbonyl (C=O) groups excluding carboxylic acids is 1. The summed E-state index contributed by atoms with van der Waals surface area (Å²) in [6, 6.07) is 21.3. The molecule has 1 N–H and O–H groups in total. The van der Waals surface area contributed by atoms with Crippen LogP contribution in [0.2, 0.25) is 0 Å². The van der Waals surface area contributed by atoms with E-state index in [2.05, 4.69) is 32.2 Å². The molecule has 4 aromatic rings. The van der Waals surface area contributed by atoms with Crippen LogP contribution in [-0.2, 0) is 26.7 Å². The second-order valence-electron chi connectivity index (χ2n) is 9.48. The molecule has 182 valence electrons. The number of fused-ring (bicyclic) bond motifs is 1. The van der Waals surface area contributed by atoms with Gasteiger partial charge in [-0.05, 0) is 66.4 Å². The number of benzene rings is 3. The van der Waals surface area contributed by atoms with E-state index in [1.165, 1.54) is 22.0 Å². The van der Waals surface area contributed by atoms with Crippen LogP contribution >= 0.6 is 0 Å². The SMILES string of the molecule is CCN(c1ccccc1)S(=O)(=O)c1ccc(NC(=O)Cc2coc3ccc(C(C)(C)C)cc23)cc1. The lowest BCUT2D eigenvalue weighted by molar-refractivity contribution is -0.115. The Morgan fingerprint density at radius 1 is 0.971 bits per heavy atom. The van der Waals surface area contributed by atoms with Gasteiger partial charge in [-0.15, -0.1) is 0 Å². The van der Waals surface area contributed by atoms with E-state index >= 15 is 0 Å². The van der Waals surface area contributed by atoms with Crippen molar-refractivity contribution in [3.8, 4) is 0 Å². The highest BCUT2D eigenvalue weighted by molar-refractivity contribution is 7.92. The molecule has 0 fully saturated rings. The molecule has 0 aliphatic carbocycles. The molecule has 1 amide bonds. The predicted octanol–water partition coefficient (Wildman–Crippen LogP) is 6.13. The Morgan fingerprint density at radius 2 is 1.66 bits per heavy atom. The first-order valence-electron chi connectivity index (χ1n) is 11.6. The molecule has 0 radical (unpaired) electrons. The van der Waals surface area contributed by atoms with Gasteiger partial charge in [-0.1, -0.05) is 45.0 Å². The summed E-state index contributed by atoms with van der Waals surface area (Å²) in [6.45, 7) is 8.53. The number of nitrogens with one attached hydrogen (secondary N) is 1. The Balaban J connectivity index is 1.49. The quantitative estimate of drug-likeness (QED) is 0.338. The minimum Gasteiger partial charge on any atom is -0.464 e. The van der Waals surface area contributed by atoms with Gasteiger partial charge in [-0.2, -0.15) is 0 Å². The molecule has 3 aromatic carbocycles. The van der Waals surface area contributed by atoms with Crippen LogP contribution in [-0.4, -0.2) is 20.9 Å². The molecule has 4 rings (SSSR count). The second kappa shape index (κ2) is 9.58. The summed E-state index contributed by atoms with van der Waals surface area (Å²) in [4.78, 5) is 12.9. The maximum absolute atomic E-state index is 13.2. The third-order valence-electron chi connectivity index (χ3n) is 5.93. The first kappa shape index (κ1) is 24.5. The first-order chi connectivity index (χ1) is 16.6. The average molecular weight is 491 g/mol. The fourth-order valence-corrected chi connectivity index (χ4v) is 5.46. The van der Waals surface area contributed by atoms with Gasteiger partial charge in [0, 0.05) is 23.2 Å². The Hall–Kier alpha value is -3.58. The fraction of sp³-hybridized carbons (Fsp3) is 0.250. The predicted molar refractivity (Wildman–Crippen MR) is 140 cm³/mol. The monoisotopic (exact) mass is 490 g/mol. The van der Waals surface area contributed by atoms with Gasteiger partial charge in [-0.3, -0.25) is 9.10 Å². The Kier molecular flexibility index (Phi) is 6.72. The summed E-state index contributed by atoms with van der Waals surface area (Å²) < 4.78 is 33.3. The van der Waals surface area contributed by atoms with E-state index in [1.807, 2.05) is 18.2 Å². The van der Waals surface area contributed by atoms with Crippen LogP contribution in [0.15, 0.2) is 88.4 Å². The zero-order valence-corrected chi connectivity index (χ0v) is 21.2. The summed E-state index contributed by atoms with van der Waals surface area (Å²) in [7, 11) is -3.72. The number of hydrogen-bond acceptors (Lipinski definition) is 4. The van der Waals surface area contributed by atoms with Crippen LogP contribution in [0.4, 0.5) is 11.4 Å². The van der Waals surface area contributed by atoms with Crippen LogP contribution in [0.25, 0.3) is 11.0 Å². The third kappa shape index (κ3) is 5.25. The maximum Gasteiger partial charge on any atom is 0.264 e. The van der Waals surface area contributed by atoms with Crippen molar-refractivity contribution in [2.75, 3.05) is 16.2 Å². The van der Waals surface area contributed by atoms with E-state index < -0.39 is 10.0 Å². The van der Waals surface area contributed by atoms with Crippen molar-refractivity contribution in [1.82, 2.24) is 0 Å². The molecule has 0 unspecified atom stereocenters. The lowest BCUT2D eigenvalue weighted by Crippen LogP contribution is -2.30. The summed E-state index contributed by atoms with van der Waals surface area (Å²) in [5.41, 5.74) is 3.84. The molecule has 7 heteroatoms. The van der Waals surface area contributed by atoms with Crippen molar-refractivity contribution in [3.05, 3.63) is 90.2 Å². The van der Waals surface area contributed by atoms with Crippen LogP contribution in [0.1, 0.15) is 38.8 Å². The minimum atomic E-state index is -3.72. The van der Waals surface area contributed by atoms with Crippen molar-refractivity contribution < 1.29 is 17.6 Å². The number of carbonyl (C=O) groups is 1. The third-order valence-corrected chi connectivity index (χ3v) is 7.85. The molecule has 35 heavy (non-hydrogen) atoms. The average Bonchev–Trinajstić information content (AvgIpc) is 3.22. The lowest BCUT2D eigenvalue weighted by atomic mass is 9.86. The van der Waals surface area contributed by atoms with Gasteiger partial charge in [-0.25, -0.2) is 8.42 Å². The molecular formula is C28H30N2O4S. The van der Waals surface area contributed by atoms with Crippen LogP contribution in [0, 0.1) is 0 Å². The number of furan rings is 1. The number of sulfonamides is 1. The highest BCUT2D eigenvalue weighted by Gasteiger charge is 2.23. The first-order valence-corrected chi connectivity index (χ1v) is 13.0. The zero-order chi connectivity index (χ0) is 25.2. The highest BCUT2D eigenvalue weighted by atomic mass is 32.2. The van der Waals surface area contributed by atoms with Crippen molar-refractivity contribution in [1.29, 1.82) is 0 Å². The van der Waals surface area contributed by atoms with Crippen LogP contribution in [0.3, 0.4) is 0 Å². The van der Waals surface area contributed by atoms with Gasteiger partial charge in [0.15, 0.2) is 0 Å². The number of amides is 1. The number of para-hydroxylation sites is 1. The normalized spacial score (nSPS) is 12.0. The Bertz CT molecular complexity index is 1430. The van der Waals surface area contributed by atoms with E-state index in [1.54, 1.807) is 49.6 Å². The second-order valence-corrected chi connectivity index (χ2v) is 11.3. The Labute approximate surface area is 206 Å². The van der Waals surface area contributed by atoms with E-state index in [0.717, 1.165) is 16.5 Å². The molecule has 6 nitrogen and oxygen atoms in total. The van der Waals surface area contributed by atoms with E-state index in [-0.39, 0.29) is 22.6 Å². The van der Waals surface area contributed by atoms with Gasteiger partial charge in [0.05, 0.1) is 23.3 Å². The van der Waals surface area contributed by atoms with Gasteiger partial charge < -0.3 is 9.73 Å². The van der Waals surface area contributed by atoms with E-state index in [4.69, 9.17) is 4.42 Å². The van der Waals surface area contributed by atoms with E-state index in [0.29, 0.717) is 17.9 Å². The topological polar surface area (TPSA) is 79.6 Å². The molecule has 1 aromatic heterocycles. The summed E-state index contributed by atoms with van der Waals surface area (Å²) >= 11 is 0. The Morgan fingerprint density at radius 3 is 2.29 bits per heavy atom. The van der Waals surface area contributed by atoms with Crippen LogP contribution < -0.4 is 9.62 Å². The van der Waals surface area contributed by atoms with E-state index in [9.17, 15) is 13.2 Å². The molecule has 0 atom stereocenters. The molecule has 1 heterocycles. The van der Waals surface area contributed by atoms with Gasteiger partial charge in [0.1, 0.15) is 5.58 Å². The van der Waals surface area contributed by atoms with Crippen molar-refractivity contribution in [2.24, 2.45) is 0 Å². The molecule has 0 saturated carbocycles. The molecule has 0 aliphatic rings. The summed E-state index contributed by atoms with van der Waals surface area (Å²) in [5.74, 6) is -0.205. The van der Waals surface area contributed by atoms with Crippen molar-refractivity contribution in [2.45, 2.75) is 44.4 Å². The molecular weight excluding hydrogens is 460 g/mol. The van der Waals surface area contributed by atoms with Crippen LogP contribution in [0.5, 0.6) is 0 Å². The molecule has 0 spiro atoms. The molecule has 0 saturated heterocycles. The summed E-state index contributed by atoms with van der Waals surface area (Å²) in [6.07, 6.45) is 1.77. The number of nitrogens with zero attached hydrogens (tertiary/aromatic N) is 1. The standard InChI is InChI=1S/C28H30N2O4S/c1-5-30(23-9-7-6-8-10-23)35(32,33)24-14-12-22(13-15-24)29-27(31)17-20-19-34-26-16-11-21(18-25(20)26)28(2,3)4/h6-16,18-19H,5,17H2,1-4H3,(H,29,31). The number of hydrogen-bond donors (Lipinski definition) is 1. The van der Waals surface area contributed by atoms with Gasteiger partial charge in [0.25, 0.3) is 10.0 Å². The zero-order valence-electron chi connectivity index (χ0n) is 20.4. The number of anilines is 2. The fourth-order valence-electron chi connectivity index (χ4n) is 3.99. The van der Waals surface area contributed by atoms with Crippen molar-refractivity contribution in [3.63, 3.8) is 0 Å². The van der Waals surface area contributed by atoms with Gasteiger partial charge in [0.2, 0.25) is 5.91 Å². The number of rotatable bonds is 7. The summed E-state index contributed by atoms with van der Waals surface area (Å²) in [5, 5.41) is 3.78. The highest BCUT2D eigenvalue weighted by Crippen LogP contribution is 2.29. The van der Waals surface area contributed by atoms with Crippen molar-refractivity contribution >= 4 is 38.3 Å².